The predicted molar refractivity (Wildman–Crippen MR) is 400 cm³/mol. The van der Waals surface area contributed by atoms with Gasteiger partial charge in [0.05, 0.1) is 0 Å². The third kappa shape index (κ3) is 18.3. The molecule has 456 valence electrons. The Morgan fingerprint density at radius 2 is 0.488 bits per heavy atom. The molecule has 0 aliphatic rings. The molecule has 2 heterocycles. The highest BCUT2D eigenvalue weighted by atomic mass is 32.1. The molecule has 2 heteroatoms. The van der Waals surface area contributed by atoms with Crippen molar-refractivity contribution in [1.82, 2.24) is 0 Å². The van der Waals surface area contributed by atoms with Crippen molar-refractivity contribution < 1.29 is 4.42 Å². The van der Waals surface area contributed by atoms with E-state index in [1.54, 1.807) is 0 Å². The molecule has 0 saturated heterocycles. The second kappa shape index (κ2) is 38.5. The summed E-state index contributed by atoms with van der Waals surface area (Å²) in [6.45, 7) is 53.3. The summed E-state index contributed by atoms with van der Waals surface area (Å²) in [4.78, 5) is 2.80. The maximum Gasteiger partial charge on any atom is 0.101 e. The zero-order chi connectivity index (χ0) is 64.8. The van der Waals surface area contributed by atoms with Gasteiger partial charge in [-0.3, -0.25) is 0 Å². The lowest BCUT2D eigenvalue weighted by atomic mass is 9.90. The Balaban J connectivity index is 0.000000359. The lowest BCUT2D eigenvalue weighted by molar-refractivity contribution is 0.504. The topological polar surface area (TPSA) is 13.1 Å². The molecular weight excluding hydrogens is 1060 g/mol. The van der Waals surface area contributed by atoms with Gasteiger partial charge in [-0.2, -0.15) is 0 Å². The second-order valence-electron chi connectivity index (χ2n) is 19.4. The summed E-state index contributed by atoms with van der Waals surface area (Å²) < 4.78 is 5.08. The molecule has 14 rings (SSSR count). The van der Waals surface area contributed by atoms with Gasteiger partial charge in [-0.05, 0) is 224 Å². The summed E-state index contributed by atoms with van der Waals surface area (Å²) >= 11 is 1.84. The van der Waals surface area contributed by atoms with Crippen molar-refractivity contribution >= 4 is 108 Å². The zero-order valence-corrected chi connectivity index (χ0v) is 59.0. The standard InChI is InChI=1S/C20H16.2C18H14.C6H8O.C6H8S.8C2H6/c1-13-11-19-18-10-6-4-8-16(18)14(2)12-20(19)17-9-5-3-7-15(13)17;1-11-9-13-5-4-8-16-12(2)10-14-6-3-7-15(11)17(14)18(13)16;1-11-7-13-3-5-15-9-12(2)10-16-6-4-14(8-11)17(13)18(15)16;2*1-5-3-4-6(2)7-5;8*1-2/h3-12H,1-2H3;2*3-10H,1-2H3;2*3-4H,1-2H3;8*1-2H3. The number of aryl methyl sites for hydroxylation is 10. The van der Waals surface area contributed by atoms with Gasteiger partial charge in [0, 0.05) is 9.75 Å². The van der Waals surface area contributed by atoms with Crippen LogP contribution in [0.1, 0.15) is 165 Å². The SMILES string of the molecule is CC.CC.CC.CC.CC.CC.CC.CC.Cc1cc2c3ccccc3c(C)cc2c2ccccc12.Cc1cc2ccc3cc(C)cc4ccc(c1)c2c34.Cc1cc2cccc3c(C)cc4cccc1c4c23.Cc1ccc(C)o1.Cc1ccc(C)s1. The Morgan fingerprint density at radius 1 is 0.221 bits per heavy atom. The lowest BCUT2D eigenvalue weighted by Crippen LogP contribution is -1.88. The van der Waals surface area contributed by atoms with Crippen molar-refractivity contribution in [2.24, 2.45) is 0 Å². The number of hydrogen-bond donors (Lipinski definition) is 0. The van der Waals surface area contributed by atoms with Gasteiger partial charge in [0.25, 0.3) is 0 Å². The van der Waals surface area contributed by atoms with E-state index in [-0.39, 0.29) is 0 Å². The molecule has 0 fully saturated rings. The molecule has 0 radical (unpaired) electrons. The third-order valence-corrected chi connectivity index (χ3v) is 14.8. The molecule has 12 aromatic carbocycles. The van der Waals surface area contributed by atoms with Crippen molar-refractivity contribution in [3.63, 3.8) is 0 Å². The van der Waals surface area contributed by atoms with E-state index in [0.29, 0.717) is 0 Å². The van der Waals surface area contributed by atoms with E-state index in [1.165, 1.54) is 140 Å². The Morgan fingerprint density at radius 3 is 0.756 bits per heavy atom. The average Bonchev–Trinajstić information content (AvgIpc) is 0.918. The van der Waals surface area contributed by atoms with Gasteiger partial charge in [-0.1, -0.05) is 269 Å². The fourth-order valence-electron chi connectivity index (χ4n) is 10.8. The van der Waals surface area contributed by atoms with Crippen molar-refractivity contribution in [1.29, 1.82) is 0 Å². The highest BCUT2D eigenvalue weighted by molar-refractivity contribution is 7.11. The number of thiophene rings is 1. The number of hydrogen-bond acceptors (Lipinski definition) is 2. The maximum atomic E-state index is 5.08. The summed E-state index contributed by atoms with van der Waals surface area (Å²) in [7, 11) is 0. The number of rotatable bonds is 0. The highest BCUT2D eigenvalue weighted by Gasteiger charge is 2.13. The molecule has 0 spiro atoms. The predicted octanol–water partition coefficient (Wildman–Crippen LogP) is 28.6. The van der Waals surface area contributed by atoms with Gasteiger partial charge in [0.15, 0.2) is 0 Å². The minimum absolute atomic E-state index is 0.984. The molecule has 2 aromatic heterocycles. The quantitative estimate of drug-likeness (QED) is 0.138. The van der Waals surface area contributed by atoms with E-state index >= 15 is 0 Å². The van der Waals surface area contributed by atoms with Crippen LogP contribution in [0.25, 0.3) is 97.0 Å². The smallest absolute Gasteiger partial charge is 0.101 e. The van der Waals surface area contributed by atoms with Crippen molar-refractivity contribution in [2.75, 3.05) is 0 Å². The lowest BCUT2D eigenvalue weighted by Gasteiger charge is -2.14. The van der Waals surface area contributed by atoms with Crippen LogP contribution in [0.5, 0.6) is 0 Å². The van der Waals surface area contributed by atoms with E-state index < -0.39 is 0 Å². The zero-order valence-electron chi connectivity index (χ0n) is 58.1. The molecule has 0 aliphatic carbocycles. The van der Waals surface area contributed by atoms with Crippen LogP contribution in [0.15, 0.2) is 186 Å². The van der Waals surface area contributed by atoms with Gasteiger partial charge in [0.2, 0.25) is 0 Å². The Hall–Kier alpha value is -7.52. The normalized spacial score (nSPS) is 9.74. The Bertz CT molecular complexity index is 3810. The average molecular weight is 1170 g/mol. The molecule has 0 saturated carbocycles. The molecule has 1 nitrogen and oxygen atoms in total. The first-order valence-corrected chi connectivity index (χ1v) is 33.3. The molecule has 0 amide bonds. The van der Waals surface area contributed by atoms with Crippen molar-refractivity contribution in [2.45, 2.75) is 180 Å². The van der Waals surface area contributed by atoms with Crippen LogP contribution in [0.4, 0.5) is 0 Å². The van der Waals surface area contributed by atoms with Gasteiger partial charge >= 0.3 is 0 Å². The minimum Gasteiger partial charge on any atom is -0.467 e. The summed E-state index contributed by atoms with van der Waals surface area (Å²) in [5.41, 5.74) is 8.09. The highest BCUT2D eigenvalue weighted by Crippen LogP contribution is 2.39. The van der Waals surface area contributed by atoms with Crippen molar-refractivity contribution in [3.05, 3.63) is 237 Å². The largest absolute Gasteiger partial charge is 0.467 e. The van der Waals surface area contributed by atoms with Crippen LogP contribution in [-0.4, -0.2) is 0 Å². The fraction of sp³-hybridized carbons (Fsp3) is 0.310. The molecule has 0 unspecified atom stereocenters. The van der Waals surface area contributed by atoms with E-state index in [9.17, 15) is 0 Å². The van der Waals surface area contributed by atoms with Gasteiger partial charge in [-0.25, -0.2) is 0 Å². The van der Waals surface area contributed by atoms with Crippen LogP contribution in [0.3, 0.4) is 0 Å². The van der Waals surface area contributed by atoms with Crippen LogP contribution in [-0.2, 0) is 0 Å². The molecule has 0 N–H and O–H groups in total. The van der Waals surface area contributed by atoms with Crippen LogP contribution < -0.4 is 0 Å². The van der Waals surface area contributed by atoms with Gasteiger partial charge < -0.3 is 4.42 Å². The summed E-state index contributed by atoms with van der Waals surface area (Å²) in [5.74, 6) is 1.97. The minimum atomic E-state index is 0.984. The molecule has 0 bridgehead atoms. The molecule has 0 aliphatic heterocycles. The van der Waals surface area contributed by atoms with E-state index in [0.717, 1.165) is 11.5 Å². The van der Waals surface area contributed by atoms with Crippen LogP contribution in [0, 0.1) is 69.2 Å². The Labute approximate surface area is 526 Å². The van der Waals surface area contributed by atoms with Gasteiger partial charge in [0.1, 0.15) is 11.5 Å². The van der Waals surface area contributed by atoms with Crippen molar-refractivity contribution in [3.8, 4) is 0 Å². The summed E-state index contributed by atoms with van der Waals surface area (Å²) in [6.07, 6.45) is 0. The van der Waals surface area contributed by atoms with E-state index in [2.05, 4.69) is 225 Å². The first-order chi connectivity index (χ1) is 41.8. The number of benzene rings is 12. The molecular formula is C84H108OS. The number of furan rings is 1. The third-order valence-electron chi connectivity index (χ3n) is 13.9. The second-order valence-corrected chi connectivity index (χ2v) is 20.9. The fourth-order valence-corrected chi connectivity index (χ4v) is 11.6. The van der Waals surface area contributed by atoms with Gasteiger partial charge in [-0.15, -0.1) is 11.3 Å². The summed E-state index contributed by atoms with van der Waals surface area (Å²) in [6, 6.07) is 66.2. The van der Waals surface area contributed by atoms with Crippen LogP contribution >= 0.6 is 11.3 Å². The van der Waals surface area contributed by atoms with E-state index in [4.69, 9.17) is 4.42 Å². The molecule has 86 heavy (non-hydrogen) atoms. The first kappa shape index (κ1) is 74.6. The summed E-state index contributed by atoms with van der Waals surface area (Å²) in [5, 5.41) is 24.7. The monoisotopic (exact) mass is 1160 g/mol. The maximum absolute atomic E-state index is 5.08. The molecule has 0 atom stereocenters. The number of fused-ring (bicyclic) bond motifs is 5. The molecule has 14 aromatic rings. The van der Waals surface area contributed by atoms with Crippen LogP contribution in [0.2, 0.25) is 0 Å². The first-order valence-electron chi connectivity index (χ1n) is 32.5. The Kier molecular flexibility index (Phi) is 33.4. The van der Waals surface area contributed by atoms with E-state index in [1.807, 2.05) is 148 Å².